The molecule has 5 heteroatoms. The van der Waals surface area contributed by atoms with Gasteiger partial charge in [0, 0.05) is 31.4 Å². The number of carboxylic acid groups (broad SMARTS) is 1. The summed E-state index contributed by atoms with van der Waals surface area (Å²) in [5, 5.41) is 8.78. The summed E-state index contributed by atoms with van der Waals surface area (Å²) in [7, 11) is 0. The molecule has 140 valence electrons. The van der Waals surface area contributed by atoms with E-state index in [0.29, 0.717) is 18.4 Å². The zero-order valence-corrected chi connectivity index (χ0v) is 18.3. The van der Waals surface area contributed by atoms with Crippen molar-refractivity contribution in [1.29, 1.82) is 0 Å². The number of aliphatic carboxylic acids is 1. The average molecular weight is 376 g/mol. The molecule has 3 rings (SSSR count). The molecule has 1 aliphatic rings. The van der Waals surface area contributed by atoms with Crippen LogP contribution >= 0.6 is 0 Å². The van der Waals surface area contributed by atoms with Crippen LogP contribution in [0, 0.1) is 5.92 Å². The van der Waals surface area contributed by atoms with Crippen LogP contribution in [0.5, 0.6) is 0 Å². The van der Waals surface area contributed by atoms with E-state index in [1.54, 1.807) is 0 Å². The molecule has 1 aromatic carbocycles. The van der Waals surface area contributed by atoms with Crippen LogP contribution in [0.4, 0.5) is 0 Å². The fourth-order valence-electron chi connectivity index (χ4n) is 4.13. The molecule has 0 spiro atoms. The number of hydrogen-bond donors (Lipinski definition) is 1. The summed E-state index contributed by atoms with van der Waals surface area (Å²) in [6.45, 7) is 2.04. The number of benzene rings is 1. The third-order valence-electron chi connectivity index (χ3n) is 5.34. The van der Waals surface area contributed by atoms with Crippen LogP contribution in [0.1, 0.15) is 57.1 Å². The zero-order valence-electron chi connectivity index (χ0n) is 17.3. The molecule has 0 radical (unpaired) electrons. The van der Waals surface area contributed by atoms with E-state index >= 15 is 0 Å². The predicted molar refractivity (Wildman–Crippen MR) is 104 cm³/mol. The number of carboxylic acids is 1. The van der Waals surface area contributed by atoms with Crippen molar-refractivity contribution in [3.63, 3.8) is 0 Å². The second-order valence-corrected chi connectivity index (χ2v) is 7.23. The van der Waals surface area contributed by atoms with Gasteiger partial charge in [-0.05, 0) is 48.9 Å². The van der Waals surface area contributed by atoms with Crippen LogP contribution < -0.4 is 29.6 Å². The summed E-state index contributed by atoms with van der Waals surface area (Å²) >= 11 is 0. The Hall–Kier alpha value is -1.20. The van der Waals surface area contributed by atoms with E-state index < -0.39 is 5.97 Å². The van der Waals surface area contributed by atoms with E-state index in [1.165, 1.54) is 24.0 Å². The van der Waals surface area contributed by atoms with Gasteiger partial charge in [-0.15, -0.1) is 0 Å². The molecule has 2 atom stereocenters. The van der Waals surface area contributed by atoms with Gasteiger partial charge in [-0.3, -0.25) is 14.7 Å². The van der Waals surface area contributed by atoms with Crippen molar-refractivity contribution in [1.82, 2.24) is 9.88 Å². The maximum Gasteiger partial charge on any atom is 1.00 e. The summed E-state index contributed by atoms with van der Waals surface area (Å²) < 4.78 is 0. The van der Waals surface area contributed by atoms with E-state index in [-0.39, 0.29) is 31.0 Å². The van der Waals surface area contributed by atoms with E-state index in [2.05, 4.69) is 46.3 Å². The van der Waals surface area contributed by atoms with Gasteiger partial charge >= 0.3 is 35.5 Å². The van der Waals surface area contributed by atoms with Crippen molar-refractivity contribution in [2.45, 2.75) is 51.1 Å². The molecule has 2 unspecified atom stereocenters. The number of rotatable bonds is 9. The Kier molecular flexibility index (Phi) is 9.49. The summed E-state index contributed by atoms with van der Waals surface area (Å²) in [6.07, 6.45) is 9.36. The van der Waals surface area contributed by atoms with Crippen LogP contribution in [-0.4, -0.2) is 27.5 Å². The molecular formula is C22H29N2NaO2. The van der Waals surface area contributed by atoms with Crippen LogP contribution in [0.25, 0.3) is 0 Å². The van der Waals surface area contributed by atoms with Crippen LogP contribution in [0.3, 0.4) is 0 Å². The molecule has 0 bridgehead atoms. The minimum absolute atomic E-state index is 0. The minimum Gasteiger partial charge on any atom is -1.00 e. The number of unbranched alkanes of at least 4 members (excludes halogenated alkanes) is 2. The van der Waals surface area contributed by atoms with Gasteiger partial charge in [0.15, 0.2) is 0 Å². The standard InChI is InChI=1S/C22H28N2O2.Na.H/c25-21(26)12-6-2-5-11-20-13-15-24(17-18-8-7-14-23-16-18)22(20)19-9-3-1-4-10-19;;/h1,3-4,7-10,14,16,20,22H,2,5-6,11-13,15,17H2,(H,25,26);;/q;+1;-1. The summed E-state index contributed by atoms with van der Waals surface area (Å²) in [6, 6.07) is 15.4. The van der Waals surface area contributed by atoms with E-state index in [0.717, 1.165) is 32.4 Å². The Morgan fingerprint density at radius 3 is 2.67 bits per heavy atom. The van der Waals surface area contributed by atoms with Crippen molar-refractivity contribution >= 4 is 5.97 Å². The maximum absolute atomic E-state index is 10.7. The maximum atomic E-state index is 10.7. The quantitative estimate of drug-likeness (QED) is 0.536. The van der Waals surface area contributed by atoms with Crippen molar-refractivity contribution in [3.05, 3.63) is 66.0 Å². The molecule has 27 heavy (non-hydrogen) atoms. The van der Waals surface area contributed by atoms with Gasteiger partial charge in [-0.25, -0.2) is 0 Å². The second-order valence-electron chi connectivity index (χ2n) is 7.23. The van der Waals surface area contributed by atoms with Crippen LogP contribution in [0.15, 0.2) is 54.9 Å². The molecule has 0 aliphatic carbocycles. The zero-order chi connectivity index (χ0) is 18.2. The summed E-state index contributed by atoms with van der Waals surface area (Å²) in [5.74, 6) is -0.0467. The number of hydrogen-bond acceptors (Lipinski definition) is 3. The molecule has 1 aliphatic heterocycles. The van der Waals surface area contributed by atoms with Gasteiger partial charge in [-0.1, -0.05) is 49.2 Å². The molecule has 4 nitrogen and oxygen atoms in total. The average Bonchev–Trinajstić information content (AvgIpc) is 3.05. The fourth-order valence-corrected chi connectivity index (χ4v) is 4.13. The second kappa shape index (κ2) is 11.6. The molecule has 1 fully saturated rings. The van der Waals surface area contributed by atoms with Gasteiger partial charge in [-0.2, -0.15) is 0 Å². The van der Waals surface area contributed by atoms with Crippen molar-refractivity contribution in [3.8, 4) is 0 Å². The SMILES string of the molecule is O=C(O)CCCCCC1CCN(Cc2cccnc2)C1c1ccccc1.[H-].[Na+]. The molecule has 0 amide bonds. The molecular weight excluding hydrogens is 347 g/mol. The smallest absolute Gasteiger partial charge is 1.00 e. The van der Waals surface area contributed by atoms with E-state index in [4.69, 9.17) is 5.11 Å². The topological polar surface area (TPSA) is 53.4 Å². The Bertz CT molecular complexity index is 687. The van der Waals surface area contributed by atoms with Crippen LogP contribution in [0.2, 0.25) is 0 Å². The molecule has 2 aromatic rings. The molecule has 1 saturated heterocycles. The van der Waals surface area contributed by atoms with E-state index in [9.17, 15) is 4.79 Å². The summed E-state index contributed by atoms with van der Waals surface area (Å²) in [5.41, 5.74) is 2.65. The molecule has 1 N–H and O–H groups in total. The van der Waals surface area contributed by atoms with Gasteiger partial charge in [0.05, 0.1) is 0 Å². The third kappa shape index (κ3) is 6.72. The number of pyridine rings is 1. The van der Waals surface area contributed by atoms with Crippen LogP contribution in [-0.2, 0) is 11.3 Å². The molecule has 2 heterocycles. The van der Waals surface area contributed by atoms with Gasteiger partial charge in [0.2, 0.25) is 0 Å². The number of likely N-dealkylation sites (tertiary alicyclic amines) is 1. The first-order valence-corrected chi connectivity index (χ1v) is 9.64. The number of carbonyl (C=O) groups is 1. The minimum atomic E-state index is -0.685. The molecule has 0 saturated carbocycles. The Morgan fingerprint density at radius 2 is 1.96 bits per heavy atom. The van der Waals surface area contributed by atoms with Crippen molar-refractivity contribution < 1.29 is 40.9 Å². The Morgan fingerprint density at radius 1 is 1.15 bits per heavy atom. The monoisotopic (exact) mass is 376 g/mol. The number of aromatic nitrogens is 1. The van der Waals surface area contributed by atoms with Gasteiger partial charge in [0.25, 0.3) is 0 Å². The van der Waals surface area contributed by atoms with Gasteiger partial charge < -0.3 is 6.53 Å². The first kappa shape index (κ1) is 22.1. The van der Waals surface area contributed by atoms with Gasteiger partial charge in [0.1, 0.15) is 0 Å². The summed E-state index contributed by atoms with van der Waals surface area (Å²) in [4.78, 5) is 17.5. The largest absolute Gasteiger partial charge is 1.00 e. The Labute approximate surface area is 185 Å². The Balaban J connectivity index is 0.00000196. The van der Waals surface area contributed by atoms with Crippen molar-refractivity contribution in [2.24, 2.45) is 5.92 Å². The predicted octanol–water partition coefficient (Wildman–Crippen LogP) is 1.80. The fraction of sp³-hybridized carbons (Fsp3) is 0.455. The van der Waals surface area contributed by atoms with Crippen molar-refractivity contribution in [2.75, 3.05) is 6.54 Å². The van der Waals surface area contributed by atoms with E-state index in [1.807, 2.05) is 18.5 Å². The first-order valence-electron chi connectivity index (χ1n) is 9.64. The normalized spacial score (nSPS) is 19.6. The third-order valence-corrected chi connectivity index (χ3v) is 5.34. The molecule has 1 aromatic heterocycles. The first-order chi connectivity index (χ1) is 12.7. The number of nitrogens with zero attached hydrogens (tertiary/aromatic N) is 2.